The second-order valence-electron chi connectivity index (χ2n) is 8.12. The predicted octanol–water partition coefficient (Wildman–Crippen LogP) is 4.24. The number of hydrogen-bond donors (Lipinski definition) is 1. The van der Waals surface area contributed by atoms with Gasteiger partial charge in [0.25, 0.3) is 5.91 Å². The summed E-state index contributed by atoms with van der Waals surface area (Å²) in [5, 5.41) is 0.518. The van der Waals surface area contributed by atoms with Gasteiger partial charge in [0, 0.05) is 23.6 Å². The molecule has 0 spiro atoms. The summed E-state index contributed by atoms with van der Waals surface area (Å²) >= 11 is 0. The fraction of sp³-hybridized carbons (Fsp3) is 0.304. The molecule has 3 heterocycles. The second-order valence-corrected chi connectivity index (χ2v) is 8.12. The number of ether oxygens (including phenoxy) is 3. The van der Waals surface area contributed by atoms with Crippen LogP contribution in [0.25, 0.3) is 10.9 Å². The van der Waals surface area contributed by atoms with E-state index < -0.39 is 35.7 Å². The van der Waals surface area contributed by atoms with Crippen LogP contribution in [0.2, 0.25) is 0 Å². The van der Waals surface area contributed by atoms with Crippen molar-refractivity contribution in [1.29, 1.82) is 0 Å². The number of halogens is 5. The molecule has 2 aliphatic rings. The Kier molecular flexibility index (Phi) is 5.72. The molecule has 3 aromatic rings. The lowest BCUT2D eigenvalue weighted by Crippen LogP contribution is -2.43. The highest BCUT2D eigenvalue weighted by Crippen LogP contribution is 2.35. The first-order valence-corrected chi connectivity index (χ1v) is 10.5. The highest BCUT2D eigenvalue weighted by atomic mass is 19.4. The summed E-state index contributed by atoms with van der Waals surface area (Å²) in [6.45, 7) is 0.568. The molecule has 2 aromatic carbocycles. The molecule has 12 heteroatoms. The largest absolute Gasteiger partial charge is 0.573 e. The van der Waals surface area contributed by atoms with Gasteiger partial charge in [-0.2, -0.15) is 0 Å². The fourth-order valence-corrected chi connectivity index (χ4v) is 4.36. The first kappa shape index (κ1) is 23.2. The van der Waals surface area contributed by atoms with E-state index in [0.29, 0.717) is 16.5 Å². The van der Waals surface area contributed by atoms with Gasteiger partial charge in [0.2, 0.25) is 0 Å². The maximum absolute atomic E-state index is 15.1. The summed E-state index contributed by atoms with van der Waals surface area (Å²) in [7, 11) is 0. The Morgan fingerprint density at radius 1 is 1.09 bits per heavy atom. The van der Waals surface area contributed by atoms with Crippen molar-refractivity contribution in [2.75, 3.05) is 25.5 Å². The van der Waals surface area contributed by atoms with Crippen molar-refractivity contribution in [3.63, 3.8) is 0 Å². The molecule has 0 aliphatic carbocycles. The molecule has 1 amide bonds. The lowest BCUT2D eigenvalue weighted by molar-refractivity contribution is -0.275. The van der Waals surface area contributed by atoms with E-state index in [1.165, 1.54) is 17.0 Å². The summed E-state index contributed by atoms with van der Waals surface area (Å²) < 4.78 is 81.6. The number of alkyl halides is 3. The minimum absolute atomic E-state index is 0.0367. The van der Waals surface area contributed by atoms with Crippen molar-refractivity contribution in [3.05, 3.63) is 64.2 Å². The number of amides is 1. The third-order valence-corrected chi connectivity index (χ3v) is 6.00. The van der Waals surface area contributed by atoms with E-state index in [2.05, 4.69) is 9.72 Å². The number of carbonyl (C=O) groups is 1. The monoisotopic (exact) mass is 495 g/mol. The van der Waals surface area contributed by atoms with Gasteiger partial charge in [-0.05, 0) is 29.3 Å². The Morgan fingerprint density at radius 3 is 2.63 bits per heavy atom. The van der Waals surface area contributed by atoms with E-state index in [-0.39, 0.29) is 55.4 Å². The number of pyridine rings is 1. The summed E-state index contributed by atoms with van der Waals surface area (Å²) in [5.41, 5.74) is 7.49. The first-order chi connectivity index (χ1) is 16.6. The summed E-state index contributed by atoms with van der Waals surface area (Å²) in [5.74, 6) is -3.57. The van der Waals surface area contributed by atoms with Gasteiger partial charge in [0.05, 0.1) is 43.5 Å². The molecule has 1 atom stereocenters. The number of benzene rings is 2. The van der Waals surface area contributed by atoms with E-state index in [1.807, 2.05) is 0 Å². The average Bonchev–Trinajstić information content (AvgIpc) is 3.30. The van der Waals surface area contributed by atoms with E-state index >= 15 is 4.39 Å². The predicted molar refractivity (Wildman–Crippen MR) is 112 cm³/mol. The van der Waals surface area contributed by atoms with Crippen molar-refractivity contribution in [2.24, 2.45) is 0 Å². The minimum Gasteiger partial charge on any atom is -0.403 e. The van der Waals surface area contributed by atoms with Crippen molar-refractivity contribution >= 4 is 22.6 Å². The SMILES string of the molecule is Nc1nc2cc(F)c(C(=O)N3CCOC[C@@H]3c3ccc(F)c(OC(F)(F)F)c3)cc2c2c1COC2. The molecule has 0 bridgehead atoms. The summed E-state index contributed by atoms with van der Waals surface area (Å²) in [6, 6.07) is 4.48. The van der Waals surface area contributed by atoms with Gasteiger partial charge in [0.1, 0.15) is 11.6 Å². The number of fused-ring (bicyclic) bond motifs is 3. The van der Waals surface area contributed by atoms with Crippen molar-refractivity contribution in [2.45, 2.75) is 25.6 Å². The zero-order valence-electron chi connectivity index (χ0n) is 18.0. The number of nitrogens with two attached hydrogens (primary N) is 1. The van der Waals surface area contributed by atoms with Gasteiger partial charge in [-0.15, -0.1) is 13.2 Å². The molecule has 1 aromatic heterocycles. The topological polar surface area (TPSA) is 86.9 Å². The molecular weight excluding hydrogens is 477 g/mol. The van der Waals surface area contributed by atoms with Crippen LogP contribution in [0.5, 0.6) is 5.75 Å². The van der Waals surface area contributed by atoms with Crippen molar-refractivity contribution in [3.8, 4) is 5.75 Å². The number of rotatable bonds is 3. The molecule has 0 radical (unpaired) electrons. The van der Waals surface area contributed by atoms with E-state index in [4.69, 9.17) is 15.2 Å². The fourth-order valence-electron chi connectivity index (χ4n) is 4.36. The van der Waals surface area contributed by atoms with Crippen LogP contribution in [0.15, 0.2) is 30.3 Å². The third-order valence-electron chi connectivity index (χ3n) is 6.00. The van der Waals surface area contributed by atoms with Gasteiger partial charge in [-0.1, -0.05) is 6.07 Å². The van der Waals surface area contributed by atoms with E-state index in [0.717, 1.165) is 18.2 Å². The Balaban J connectivity index is 1.53. The van der Waals surface area contributed by atoms with Crippen molar-refractivity contribution < 1.29 is 41.0 Å². The number of hydrogen-bond acceptors (Lipinski definition) is 6. The Labute approximate surface area is 195 Å². The van der Waals surface area contributed by atoms with E-state index in [9.17, 15) is 22.4 Å². The van der Waals surface area contributed by atoms with Gasteiger partial charge in [0.15, 0.2) is 11.6 Å². The van der Waals surface area contributed by atoms with Crippen molar-refractivity contribution in [1.82, 2.24) is 9.88 Å². The van der Waals surface area contributed by atoms with Gasteiger partial charge in [-0.25, -0.2) is 13.8 Å². The van der Waals surface area contributed by atoms with Crippen LogP contribution in [-0.4, -0.2) is 41.9 Å². The summed E-state index contributed by atoms with van der Waals surface area (Å²) in [6.07, 6.45) is -5.10. The molecule has 2 N–H and O–H groups in total. The van der Waals surface area contributed by atoms with Crippen LogP contribution in [0.1, 0.15) is 33.1 Å². The minimum atomic E-state index is -5.10. The average molecular weight is 495 g/mol. The quantitative estimate of drug-likeness (QED) is 0.548. The maximum atomic E-state index is 15.1. The van der Waals surface area contributed by atoms with Gasteiger partial charge < -0.3 is 24.8 Å². The molecule has 35 heavy (non-hydrogen) atoms. The molecule has 7 nitrogen and oxygen atoms in total. The zero-order valence-corrected chi connectivity index (χ0v) is 18.0. The van der Waals surface area contributed by atoms with Crippen LogP contribution in [0.4, 0.5) is 27.8 Å². The Morgan fingerprint density at radius 2 is 1.86 bits per heavy atom. The first-order valence-electron chi connectivity index (χ1n) is 10.5. The Bertz CT molecular complexity index is 1330. The van der Waals surface area contributed by atoms with Crippen LogP contribution >= 0.6 is 0 Å². The number of nitrogens with zero attached hydrogens (tertiary/aromatic N) is 2. The number of carbonyl (C=O) groups excluding carboxylic acids is 1. The molecule has 0 unspecified atom stereocenters. The normalized spacial score (nSPS) is 18.1. The molecular formula is C23H18F5N3O4. The third kappa shape index (κ3) is 4.34. The standard InChI is InChI=1S/C23H18F5N3O4/c24-16-2-1-11(5-20(16)35-23(26,27)28)19-10-33-4-3-31(19)22(32)13-6-12-14-8-34-9-15(14)21(29)30-18(12)7-17(13)25/h1-2,5-7,19H,3-4,8-10H2,(H2,29,30)/t19-/m1/s1. The highest BCUT2D eigenvalue weighted by Gasteiger charge is 2.35. The smallest absolute Gasteiger partial charge is 0.403 e. The maximum Gasteiger partial charge on any atom is 0.573 e. The number of anilines is 1. The molecule has 5 rings (SSSR count). The number of nitrogen functional groups attached to an aromatic ring is 1. The lowest BCUT2D eigenvalue weighted by atomic mass is 9.99. The number of morpholine rings is 1. The molecule has 1 saturated heterocycles. The molecule has 0 saturated carbocycles. The Hall–Kier alpha value is -3.51. The van der Waals surface area contributed by atoms with E-state index in [1.54, 1.807) is 0 Å². The second kappa shape index (κ2) is 8.61. The molecule has 184 valence electrons. The van der Waals surface area contributed by atoms with Crippen LogP contribution in [-0.2, 0) is 22.7 Å². The van der Waals surface area contributed by atoms with Gasteiger partial charge in [-0.3, -0.25) is 4.79 Å². The summed E-state index contributed by atoms with van der Waals surface area (Å²) in [4.78, 5) is 18.9. The molecule has 2 aliphatic heterocycles. The molecule has 1 fully saturated rings. The number of aromatic nitrogens is 1. The zero-order chi connectivity index (χ0) is 24.9. The van der Waals surface area contributed by atoms with Crippen LogP contribution < -0.4 is 10.5 Å². The lowest BCUT2D eigenvalue weighted by Gasteiger charge is -2.36. The van der Waals surface area contributed by atoms with Crippen LogP contribution in [0.3, 0.4) is 0 Å². The highest BCUT2D eigenvalue weighted by molar-refractivity contribution is 6.00. The van der Waals surface area contributed by atoms with Gasteiger partial charge >= 0.3 is 6.36 Å². The van der Waals surface area contributed by atoms with Crippen LogP contribution in [0, 0.1) is 11.6 Å².